The first-order valence-corrected chi connectivity index (χ1v) is 11.4. The molecule has 7 aromatic rings. The molecule has 0 aliphatic rings. The van der Waals surface area contributed by atoms with Crippen LogP contribution in [0, 0.1) is 0 Å². The molecular formula is C31H20N2O. The van der Waals surface area contributed by atoms with Gasteiger partial charge < -0.3 is 9.13 Å². The van der Waals surface area contributed by atoms with E-state index in [2.05, 4.69) is 100 Å². The molecule has 3 heteroatoms. The van der Waals surface area contributed by atoms with Crippen LogP contribution in [0.15, 0.2) is 115 Å². The quantitative estimate of drug-likeness (QED) is 0.261. The summed E-state index contributed by atoms with van der Waals surface area (Å²) in [5.74, 6) is 0. The molecule has 2 heterocycles. The lowest BCUT2D eigenvalue weighted by atomic mass is 10.0. The molecule has 0 saturated heterocycles. The summed E-state index contributed by atoms with van der Waals surface area (Å²) in [6.45, 7) is 0. The molecule has 0 N–H and O–H groups in total. The van der Waals surface area contributed by atoms with Crippen molar-refractivity contribution in [3.63, 3.8) is 0 Å². The van der Waals surface area contributed by atoms with Crippen molar-refractivity contribution in [1.29, 1.82) is 0 Å². The van der Waals surface area contributed by atoms with Gasteiger partial charge in [-0.15, -0.1) is 0 Å². The summed E-state index contributed by atoms with van der Waals surface area (Å²) in [5.41, 5.74) is 7.42. The van der Waals surface area contributed by atoms with Gasteiger partial charge in [-0.05, 0) is 48.5 Å². The Morgan fingerprint density at radius 2 is 1.00 bits per heavy atom. The summed E-state index contributed by atoms with van der Waals surface area (Å²) < 4.78 is 4.61. The third kappa shape index (κ3) is 2.55. The summed E-state index contributed by atoms with van der Waals surface area (Å²) in [6.07, 6.45) is 0.920. The van der Waals surface area contributed by atoms with E-state index in [-0.39, 0.29) is 0 Å². The Morgan fingerprint density at radius 3 is 1.62 bits per heavy atom. The Kier molecular flexibility index (Phi) is 4.00. The van der Waals surface area contributed by atoms with Crippen molar-refractivity contribution < 1.29 is 4.79 Å². The van der Waals surface area contributed by atoms with Gasteiger partial charge in [0.05, 0.1) is 22.1 Å². The van der Waals surface area contributed by atoms with E-state index in [1.807, 2.05) is 24.3 Å². The normalized spacial score (nSPS) is 11.6. The van der Waals surface area contributed by atoms with Gasteiger partial charge in [0, 0.05) is 38.5 Å². The predicted octanol–water partition coefficient (Wildman–Crippen LogP) is 7.69. The minimum Gasteiger partial charge on any atom is -0.309 e. The first-order chi connectivity index (χ1) is 16.8. The average molecular weight is 437 g/mol. The van der Waals surface area contributed by atoms with Crippen LogP contribution in [0.3, 0.4) is 0 Å². The highest BCUT2D eigenvalue weighted by Crippen LogP contribution is 2.42. The number of carbonyl (C=O) groups is 1. The van der Waals surface area contributed by atoms with Crippen molar-refractivity contribution in [2.45, 2.75) is 0 Å². The molecule has 0 atom stereocenters. The number of carbonyl (C=O) groups excluding carboxylic acids is 1. The zero-order chi connectivity index (χ0) is 22.6. The van der Waals surface area contributed by atoms with Crippen LogP contribution in [0.2, 0.25) is 0 Å². The standard InChI is InChI=1S/C31H20N2O/c34-20-21-15-16-25-29(19-21)33(23-11-5-2-6-12-23)28-18-17-27-30(31(25)28)24-13-7-8-14-26(24)32(27)22-9-3-1-4-10-22/h1-20H. The van der Waals surface area contributed by atoms with Gasteiger partial charge in [0.2, 0.25) is 0 Å². The van der Waals surface area contributed by atoms with Crippen LogP contribution < -0.4 is 0 Å². The summed E-state index contributed by atoms with van der Waals surface area (Å²) >= 11 is 0. The summed E-state index contributed by atoms with van der Waals surface area (Å²) in [6, 6.07) is 39.9. The third-order valence-corrected chi connectivity index (χ3v) is 6.75. The van der Waals surface area contributed by atoms with Crippen LogP contribution in [0.4, 0.5) is 0 Å². The van der Waals surface area contributed by atoms with Crippen LogP contribution in [-0.2, 0) is 0 Å². The van der Waals surface area contributed by atoms with E-state index in [9.17, 15) is 4.79 Å². The number of nitrogens with zero attached hydrogens (tertiary/aromatic N) is 2. The van der Waals surface area contributed by atoms with Crippen LogP contribution in [0.5, 0.6) is 0 Å². The van der Waals surface area contributed by atoms with E-state index in [1.54, 1.807) is 0 Å². The van der Waals surface area contributed by atoms with E-state index in [1.165, 1.54) is 27.2 Å². The summed E-state index contributed by atoms with van der Waals surface area (Å²) in [7, 11) is 0. The van der Waals surface area contributed by atoms with Crippen molar-refractivity contribution in [2.24, 2.45) is 0 Å². The summed E-state index contributed by atoms with van der Waals surface area (Å²) in [5, 5.41) is 4.81. The fourth-order valence-corrected chi connectivity index (χ4v) is 5.37. The fraction of sp³-hybridized carbons (Fsp3) is 0. The zero-order valence-electron chi connectivity index (χ0n) is 18.3. The minimum atomic E-state index is 0.676. The molecule has 0 saturated carbocycles. The van der Waals surface area contributed by atoms with Crippen LogP contribution in [0.1, 0.15) is 10.4 Å². The summed E-state index contributed by atoms with van der Waals surface area (Å²) in [4.78, 5) is 11.6. The smallest absolute Gasteiger partial charge is 0.150 e. The van der Waals surface area contributed by atoms with Crippen LogP contribution in [-0.4, -0.2) is 15.4 Å². The largest absolute Gasteiger partial charge is 0.309 e. The molecule has 160 valence electrons. The predicted molar refractivity (Wildman–Crippen MR) is 141 cm³/mol. The highest BCUT2D eigenvalue weighted by molar-refractivity contribution is 6.29. The maximum absolute atomic E-state index is 11.6. The van der Waals surface area contributed by atoms with Gasteiger partial charge in [0.25, 0.3) is 0 Å². The number of fused-ring (bicyclic) bond motifs is 7. The van der Waals surface area contributed by atoms with Crippen molar-refractivity contribution in [3.05, 3.63) is 121 Å². The Labute approximate surface area is 196 Å². The van der Waals surface area contributed by atoms with Gasteiger partial charge in [0.1, 0.15) is 6.29 Å². The second kappa shape index (κ2) is 7.19. The fourth-order valence-electron chi connectivity index (χ4n) is 5.37. The van der Waals surface area contributed by atoms with Crippen molar-refractivity contribution >= 4 is 49.9 Å². The molecule has 0 radical (unpaired) electrons. The number of aromatic nitrogens is 2. The molecule has 0 aliphatic carbocycles. The van der Waals surface area contributed by atoms with Crippen LogP contribution >= 0.6 is 0 Å². The Hall–Kier alpha value is -4.63. The van der Waals surface area contributed by atoms with E-state index in [0.29, 0.717) is 5.56 Å². The molecule has 5 aromatic carbocycles. The Morgan fingerprint density at radius 1 is 0.471 bits per heavy atom. The number of aldehydes is 1. The molecule has 0 spiro atoms. The topological polar surface area (TPSA) is 26.9 Å². The molecule has 0 unspecified atom stereocenters. The van der Waals surface area contributed by atoms with E-state index in [4.69, 9.17) is 0 Å². The molecule has 0 aliphatic heterocycles. The number of rotatable bonds is 3. The first-order valence-electron chi connectivity index (χ1n) is 11.4. The van der Waals surface area contributed by atoms with Gasteiger partial charge in [0.15, 0.2) is 0 Å². The Bertz CT molecular complexity index is 1860. The molecule has 34 heavy (non-hydrogen) atoms. The second-order valence-corrected chi connectivity index (χ2v) is 8.61. The molecular weight excluding hydrogens is 416 g/mol. The maximum atomic E-state index is 11.6. The highest BCUT2D eigenvalue weighted by Gasteiger charge is 2.20. The van der Waals surface area contributed by atoms with Gasteiger partial charge in [-0.3, -0.25) is 4.79 Å². The second-order valence-electron chi connectivity index (χ2n) is 8.61. The first kappa shape index (κ1) is 18.9. The lowest BCUT2D eigenvalue weighted by Crippen LogP contribution is -1.94. The van der Waals surface area contributed by atoms with Gasteiger partial charge in [-0.2, -0.15) is 0 Å². The third-order valence-electron chi connectivity index (χ3n) is 6.75. The zero-order valence-corrected chi connectivity index (χ0v) is 18.3. The van der Waals surface area contributed by atoms with Gasteiger partial charge in [-0.25, -0.2) is 0 Å². The van der Waals surface area contributed by atoms with Gasteiger partial charge >= 0.3 is 0 Å². The minimum absolute atomic E-state index is 0.676. The molecule has 0 bridgehead atoms. The van der Waals surface area contributed by atoms with E-state index < -0.39 is 0 Å². The lowest BCUT2D eigenvalue weighted by molar-refractivity contribution is 0.112. The number of para-hydroxylation sites is 3. The van der Waals surface area contributed by atoms with Gasteiger partial charge in [-0.1, -0.05) is 66.7 Å². The van der Waals surface area contributed by atoms with Crippen LogP contribution in [0.25, 0.3) is 55.0 Å². The van der Waals surface area contributed by atoms with Crippen molar-refractivity contribution in [3.8, 4) is 11.4 Å². The molecule has 2 aromatic heterocycles. The Balaban J connectivity index is 1.74. The van der Waals surface area contributed by atoms with E-state index in [0.717, 1.165) is 34.1 Å². The van der Waals surface area contributed by atoms with Crippen molar-refractivity contribution in [1.82, 2.24) is 9.13 Å². The number of hydrogen-bond acceptors (Lipinski definition) is 1. The monoisotopic (exact) mass is 436 g/mol. The van der Waals surface area contributed by atoms with E-state index >= 15 is 0 Å². The molecule has 3 nitrogen and oxygen atoms in total. The SMILES string of the molecule is O=Cc1ccc2c3c4c5ccccc5n(-c5ccccc5)c4ccc3n(-c3ccccc3)c2c1. The average Bonchev–Trinajstić information content (AvgIpc) is 3.41. The number of benzene rings is 5. The molecule has 0 fully saturated rings. The maximum Gasteiger partial charge on any atom is 0.150 e. The lowest BCUT2D eigenvalue weighted by Gasteiger charge is -2.09. The number of hydrogen-bond donors (Lipinski definition) is 0. The highest BCUT2D eigenvalue weighted by atomic mass is 16.1. The van der Waals surface area contributed by atoms with Crippen molar-refractivity contribution in [2.75, 3.05) is 0 Å². The molecule has 7 rings (SSSR count). The molecule has 0 amide bonds.